The molecule has 1 amide bonds. The van der Waals surface area contributed by atoms with Crippen molar-refractivity contribution in [2.24, 2.45) is 5.92 Å². The second-order valence-corrected chi connectivity index (χ2v) is 10.6. The van der Waals surface area contributed by atoms with E-state index in [-0.39, 0.29) is 36.8 Å². The number of rotatable bonds is 6. The molecular weight excluding hydrogens is 497 g/mol. The highest BCUT2D eigenvalue weighted by atomic mass is 19.1. The Labute approximate surface area is 226 Å². The Bertz CT molecular complexity index is 1450. The van der Waals surface area contributed by atoms with E-state index in [4.69, 9.17) is 14.2 Å². The van der Waals surface area contributed by atoms with Crippen molar-refractivity contribution in [1.82, 2.24) is 0 Å². The number of fused-ring (bicyclic) bond motifs is 4. The summed E-state index contributed by atoms with van der Waals surface area (Å²) in [6.45, 7) is 3.98. The monoisotopic (exact) mass is 527 g/mol. The van der Waals surface area contributed by atoms with Crippen LogP contribution >= 0.6 is 0 Å². The molecule has 1 saturated heterocycles. The van der Waals surface area contributed by atoms with E-state index in [1.54, 1.807) is 13.0 Å². The average molecular weight is 528 g/mol. The van der Waals surface area contributed by atoms with Crippen molar-refractivity contribution in [3.8, 4) is 11.1 Å². The predicted octanol–water partition coefficient (Wildman–Crippen LogP) is 6.66. The van der Waals surface area contributed by atoms with Gasteiger partial charge in [-0.3, -0.25) is 10.1 Å². The molecule has 3 aromatic rings. The maximum absolute atomic E-state index is 15.0. The highest BCUT2D eigenvalue weighted by Crippen LogP contribution is 2.45. The molecule has 0 aromatic heterocycles. The van der Waals surface area contributed by atoms with Crippen LogP contribution in [0.5, 0.6) is 0 Å². The molecule has 0 saturated carbocycles. The van der Waals surface area contributed by atoms with Crippen molar-refractivity contribution in [2.75, 3.05) is 18.7 Å². The zero-order valence-electron chi connectivity index (χ0n) is 22.0. The molecule has 1 fully saturated rings. The van der Waals surface area contributed by atoms with Crippen molar-refractivity contribution in [3.05, 3.63) is 101 Å². The summed E-state index contributed by atoms with van der Waals surface area (Å²) in [4.78, 5) is 24.8. The van der Waals surface area contributed by atoms with E-state index in [1.165, 1.54) is 12.1 Å². The van der Waals surface area contributed by atoms with Crippen molar-refractivity contribution >= 4 is 17.6 Å². The maximum atomic E-state index is 15.0. The first-order valence-electron chi connectivity index (χ1n) is 13.3. The van der Waals surface area contributed by atoms with Gasteiger partial charge in [-0.1, -0.05) is 55.5 Å². The Hall–Kier alpha value is -3.97. The molecule has 1 heterocycles. The Morgan fingerprint density at radius 2 is 1.82 bits per heavy atom. The second-order valence-electron chi connectivity index (χ2n) is 10.6. The number of halogens is 1. The SMILES string of the molecule is Cc1cc(F)c(C[C@H](C)[C@]23CCC(=O)C=C2OCO3)cc1NC(=O)OCC1c2ccccc2-c2ccccc21. The van der Waals surface area contributed by atoms with E-state index in [0.717, 1.165) is 22.3 Å². The smallest absolute Gasteiger partial charge is 0.411 e. The minimum Gasteiger partial charge on any atom is -0.469 e. The topological polar surface area (TPSA) is 73.9 Å². The minimum absolute atomic E-state index is 0.00872. The van der Waals surface area contributed by atoms with E-state index in [2.05, 4.69) is 29.6 Å². The summed E-state index contributed by atoms with van der Waals surface area (Å²) in [5, 5.41) is 2.81. The third-order valence-electron chi connectivity index (χ3n) is 8.28. The molecule has 0 bridgehead atoms. The first-order valence-corrected chi connectivity index (χ1v) is 13.3. The summed E-state index contributed by atoms with van der Waals surface area (Å²) in [6.07, 6.45) is 2.12. The quantitative estimate of drug-likeness (QED) is 0.388. The molecule has 6 nitrogen and oxygen atoms in total. The zero-order chi connectivity index (χ0) is 27.1. The molecule has 0 spiro atoms. The maximum Gasteiger partial charge on any atom is 0.411 e. The van der Waals surface area contributed by atoms with Crippen LogP contribution in [0.3, 0.4) is 0 Å². The number of aryl methyl sites for hydroxylation is 1. The number of hydrogen-bond donors (Lipinski definition) is 1. The molecule has 0 radical (unpaired) electrons. The number of ketones is 1. The van der Waals surface area contributed by atoms with E-state index < -0.39 is 11.7 Å². The molecule has 39 heavy (non-hydrogen) atoms. The number of hydrogen-bond acceptors (Lipinski definition) is 5. The number of amides is 1. The molecule has 3 aromatic carbocycles. The summed E-state index contributed by atoms with van der Waals surface area (Å²) in [7, 11) is 0. The van der Waals surface area contributed by atoms with E-state index >= 15 is 4.39 Å². The van der Waals surface area contributed by atoms with Crippen LogP contribution in [-0.2, 0) is 25.4 Å². The third-order valence-corrected chi connectivity index (χ3v) is 8.28. The molecular formula is C32H30FNO5. The van der Waals surface area contributed by atoms with Crippen LogP contribution in [0.4, 0.5) is 14.9 Å². The summed E-state index contributed by atoms with van der Waals surface area (Å²) in [5.74, 6) is -0.0272. The molecule has 2 aliphatic carbocycles. The molecule has 6 rings (SSSR count). The van der Waals surface area contributed by atoms with Gasteiger partial charge in [-0.2, -0.15) is 0 Å². The minimum atomic E-state index is -0.744. The van der Waals surface area contributed by atoms with Gasteiger partial charge in [0.1, 0.15) is 23.8 Å². The van der Waals surface area contributed by atoms with Gasteiger partial charge >= 0.3 is 6.09 Å². The van der Waals surface area contributed by atoms with Gasteiger partial charge < -0.3 is 14.2 Å². The lowest BCUT2D eigenvalue weighted by Gasteiger charge is -2.35. The first kappa shape index (κ1) is 25.3. The van der Waals surface area contributed by atoms with Crippen molar-refractivity contribution in [3.63, 3.8) is 0 Å². The Balaban J connectivity index is 1.16. The highest BCUT2D eigenvalue weighted by Gasteiger charge is 2.49. The van der Waals surface area contributed by atoms with Crippen LogP contribution in [-0.4, -0.2) is 30.9 Å². The number of ether oxygens (including phenoxy) is 3. The van der Waals surface area contributed by atoms with Crippen molar-refractivity contribution in [2.45, 2.75) is 44.6 Å². The number of carbonyl (C=O) groups is 2. The van der Waals surface area contributed by atoms with Gasteiger partial charge in [0.15, 0.2) is 12.6 Å². The van der Waals surface area contributed by atoms with Gasteiger partial charge in [-0.05, 0) is 71.2 Å². The number of allylic oxidation sites excluding steroid dienone is 1. The van der Waals surface area contributed by atoms with Crippen LogP contribution in [0.15, 0.2) is 72.5 Å². The fourth-order valence-corrected chi connectivity index (χ4v) is 6.16. The Morgan fingerprint density at radius 3 is 2.54 bits per heavy atom. The second kappa shape index (κ2) is 9.97. The molecule has 7 heteroatoms. The normalized spacial score (nSPS) is 20.4. The Morgan fingerprint density at radius 1 is 1.13 bits per heavy atom. The van der Waals surface area contributed by atoms with E-state index in [1.807, 2.05) is 31.2 Å². The number of nitrogens with one attached hydrogen (secondary N) is 1. The van der Waals surface area contributed by atoms with Crippen LogP contribution < -0.4 is 5.32 Å². The van der Waals surface area contributed by atoms with Gasteiger partial charge in [0.25, 0.3) is 0 Å². The molecule has 2 atom stereocenters. The highest BCUT2D eigenvalue weighted by molar-refractivity contribution is 5.91. The third kappa shape index (κ3) is 4.51. The zero-order valence-corrected chi connectivity index (χ0v) is 22.0. The van der Waals surface area contributed by atoms with Gasteiger partial charge in [-0.25, -0.2) is 9.18 Å². The lowest BCUT2D eigenvalue weighted by molar-refractivity contribution is -0.117. The van der Waals surface area contributed by atoms with Crippen LogP contribution in [0.1, 0.15) is 47.9 Å². The fourth-order valence-electron chi connectivity index (χ4n) is 6.16. The predicted molar refractivity (Wildman–Crippen MR) is 145 cm³/mol. The van der Waals surface area contributed by atoms with Gasteiger partial charge in [0.05, 0.1) is 0 Å². The van der Waals surface area contributed by atoms with Crippen LogP contribution in [0.2, 0.25) is 0 Å². The summed E-state index contributed by atoms with van der Waals surface area (Å²) in [6, 6.07) is 19.4. The summed E-state index contributed by atoms with van der Waals surface area (Å²) in [5.41, 5.74) is 5.38. The van der Waals surface area contributed by atoms with Crippen LogP contribution in [0.25, 0.3) is 11.1 Å². The average Bonchev–Trinajstić information content (AvgIpc) is 3.50. The fraction of sp³-hybridized carbons (Fsp3) is 0.312. The standard InChI is InChI=1S/C32H30FNO5/c1-19-13-28(33)21(14-20(2)32-12-11-22(35)16-30(32)38-18-39-32)15-29(19)34-31(36)37-17-27-25-9-5-3-7-23(25)24-8-4-6-10-26(24)27/h3-10,13,15-16,20,27H,11-12,14,17-18H2,1-2H3,(H,34,36)/t20-,32+/m0/s1. The molecule has 200 valence electrons. The van der Waals surface area contributed by atoms with Crippen LogP contribution in [0, 0.1) is 18.7 Å². The van der Waals surface area contributed by atoms with Gasteiger partial charge in [-0.15, -0.1) is 0 Å². The Kier molecular flexibility index (Phi) is 6.47. The number of anilines is 1. The number of carbonyl (C=O) groups excluding carboxylic acids is 2. The molecule has 1 N–H and O–H groups in total. The number of benzene rings is 3. The first-order chi connectivity index (χ1) is 18.9. The molecule has 0 unspecified atom stereocenters. The van der Waals surface area contributed by atoms with E-state index in [0.29, 0.717) is 41.8 Å². The largest absolute Gasteiger partial charge is 0.469 e. The van der Waals surface area contributed by atoms with Crippen molar-refractivity contribution < 1.29 is 28.2 Å². The lowest BCUT2D eigenvalue weighted by Crippen LogP contribution is -2.41. The molecule has 1 aliphatic heterocycles. The lowest BCUT2D eigenvalue weighted by atomic mass is 9.76. The van der Waals surface area contributed by atoms with Crippen molar-refractivity contribution in [1.29, 1.82) is 0 Å². The van der Waals surface area contributed by atoms with Gasteiger partial charge in [0.2, 0.25) is 0 Å². The summed E-state index contributed by atoms with van der Waals surface area (Å²) < 4.78 is 32.3. The molecule has 3 aliphatic rings. The summed E-state index contributed by atoms with van der Waals surface area (Å²) >= 11 is 0. The van der Waals surface area contributed by atoms with E-state index in [9.17, 15) is 9.59 Å². The van der Waals surface area contributed by atoms with Gasteiger partial charge in [0, 0.05) is 24.1 Å².